The number of fused-ring (bicyclic) bond motifs is 1. The predicted molar refractivity (Wildman–Crippen MR) is 71.9 cm³/mol. The van der Waals surface area contributed by atoms with E-state index in [1.165, 1.54) is 23.6 Å². The van der Waals surface area contributed by atoms with E-state index in [-0.39, 0.29) is 28.6 Å². The fourth-order valence-electron chi connectivity index (χ4n) is 2.04. The third kappa shape index (κ3) is 2.26. The summed E-state index contributed by atoms with van der Waals surface area (Å²) in [7, 11) is 0. The lowest BCUT2D eigenvalue weighted by Gasteiger charge is -2.52. The molecule has 1 amide bonds. The van der Waals surface area contributed by atoms with Crippen LogP contribution in [0, 0.1) is 0 Å². The zero-order chi connectivity index (χ0) is 14.4. The summed E-state index contributed by atoms with van der Waals surface area (Å²) in [5.74, 6) is -1.21. The van der Waals surface area contributed by atoms with Gasteiger partial charge >= 0.3 is 5.97 Å². The summed E-state index contributed by atoms with van der Waals surface area (Å²) in [5.41, 5.74) is 0.0528. The molecule has 0 unspecified atom stereocenters. The number of nitrogens with zero attached hydrogens (tertiary/aromatic N) is 1. The van der Waals surface area contributed by atoms with Crippen molar-refractivity contribution >= 4 is 52.6 Å². The first-order chi connectivity index (χ1) is 8.80. The van der Waals surface area contributed by atoms with Gasteiger partial charge in [0.2, 0.25) is 0 Å². The largest absolute Gasteiger partial charge is 0.428 e. The quantitative estimate of drug-likeness (QED) is 0.447. The van der Waals surface area contributed by atoms with Gasteiger partial charge in [-0.15, -0.1) is 35.0 Å². The standard InChI is InChI=1S/C11H11Cl2NO4S/c1-5(15)18-7-4-19-10-11(2,13)9(17)14(10)8(7)6(16)3-12/h10H,3-4H2,1-2H3/t10-,11-/m0/s1. The number of allylic oxidation sites excluding steroid dienone is 1. The number of carbonyl (C=O) groups excluding carboxylic acids is 3. The third-order valence-electron chi connectivity index (χ3n) is 2.86. The van der Waals surface area contributed by atoms with Gasteiger partial charge in [0.15, 0.2) is 10.7 Å². The molecule has 0 aromatic heterocycles. The lowest BCUT2D eigenvalue weighted by molar-refractivity contribution is -0.147. The molecule has 0 aliphatic carbocycles. The van der Waals surface area contributed by atoms with Gasteiger partial charge in [-0.05, 0) is 6.92 Å². The number of halogens is 2. The molecular weight excluding hydrogens is 313 g/mol. The average molecular weight is 324 g/mol. The molecule has 8 heteroatoms. The van der Waals surface area contributed by atoms with Gasteiger partial charge in [0.25, 0.3) is 5.91 Å². The van der Waals surface area contributed by atoms with Gasteiger partial charge in [0.1, 0.15) is 16.8 Å². The number of alkyl halides is 2. The zero-order valence-corrected chi connectivity index (χ0v) is 12.6. The number of Topliss-reactive ketones (excluding diaryl/α,β-unsaturated/α-hetero) is 1. The zero-order valence-electron chi connectivity index (χ0n) is 10.2. The van der Waals surface area contributed by atoms with Crippen LogP contribution in [-0.4, -0.2) is 44.4 Å². The van der Waals surface area contributed by atoms with Crippen molar-refractivity contribution in [1.29, 1.82) is 0 Å². The molecule has 0 aromatic rings. The van der Waals surface area contributed by atoms with Crippen LogP contribution in [0.1, 0.15) is 13.8 Å². The lowest BCUT2D eigenvalue weighted by Crippen LogP contribution is -2.69. The molecule has 2 heterocycles. The Morgan fingerprint density at radius 3 is 2.74 bits per heavy atom. The van der Waals surface area contributed by atoms with Crippen LogP contribution in [0.25, 0.3) is 0 Å². The van der Waals surface area contributed by atoms with E-state index in [1.807, 2.05) is 0 Å². The second-order valence-corrected chi connectivity index (χ2v) is 6.46. The molecule has 0 radical (unpaired) electrons. The van der Waals surface area contributed by atoms with Crippen LogP contribution in [0.3, 0.4) is 0 Å². The smallest absolute Gasteiger partial charge is 0.307 e. The first-order valence-electron chi connectivity index (χ1n) is 5.45. The van der Waals surface area contributed by atoms with Gasteiger partial charge in [-0.1, -0.05) is 0 Å². The molecule has 2 aliphatic heterocycles. The first kappa shape index (κ1) is 14.7. The van der Waals surface area contributed by atoms with Gasteiger partial charge < -0.3 is 4.74 Å². The molecule has 0 N–H and O–H groups in total. The number of esters is 1. The van der Waals surface area contributed by atoms with Crippen LogP contribution in [0.5, 0.6) is 0 Å². The molecule has 0 spiro atoms. The van der Waals surface area contributed by atoms with Crippen LogP contribution in [0.2, 0.25) is 0 Å². The van der Waals surface area contributed by atoms with Crippen LogP contribution in [0.15, 0.2) is 11.5 Å². The molecule has 2 atom stereocenters. The van der Waals surface area contributed by atoms with E-state index in [4.69, 9.17) is 27.9 Å². The van der Waals surface area contributed by atoms with Crippen LogP contribution in [-0.2, 0) is 19.1 Å². The number of hydrogen-bond acceptors (Lipinski definition) is 5. The highest BCUT2D eigenvalue weighted by Crippen LogP contribution is 2.49. The lowest BCUT2D eigenvalue weighted by atomic mass is 9.97. The summed E-state index contributed by atoms with van der Waals surface area (Å²) in [6.45, 7) is 2.83. The highest BCUT2D eigenvalue weighted by Gasteiger charge is 2.61. The Labute approximate surface area is 124 Å². The topological polar surface area (TPSA) is 63.7 Å². The van der Waals surface area contributed by atoms with Crippen molar-refractivity contribution in [1.82, 2.24) is 4.90 Å². The van der Waals surface area contributed by atoms with Gasteiger partial charge in [-0.25, -0.2) is 0 Å². The number of ether oxygens (including phenoxy) is 1. The van der Waals surface area contributed by atoms with Crippen molar-refractivity contribution in [3.8, 4) is 0 Å². The second-order valence-electron chi connectivity index (χ2n) is 4.34. The van der Waals surface area contributed by atoms with Gasteiger partial charge in [-0.2, -0.15) is 0 Å². The predicted octanol–water partition coefficient (Wildman–Crippen LogP) is 1.48. The Balaban J connectivity index is 2.41. The van der Waals surface area contributed by atoms with E-state index in [2.05, 4.69) is 0 Å². The van der Waals surface area contributed by atoms with Crippen molar-refractivity contribution in [3.63, 3.8) is 0 Å². The maximum atomic E-state index is 12.0. The van der Waals surface area contributed by atoms with Crippen molar-refractivity contribution in [3.05, 3.63) is 11.5 Å². The summed E-state index contributed by atoms with van der Waals surface area (Å²) in [6.07, 6.45) is 0. The van der Waals surface area contributed by atoms with Gasteiger partial charge in [-0.3, -0.25) is 19.3 Å². The van der Waals surface area contributed by atoms with Crippen LogP contribution < -0.4 is 0 Å². The van der Waals surface area contributed by atoms with Crippen molar-refractivity contribution in [2.45, 2.75) is 24.1 Å². The monoisotopic (exact) mass is 323 g/mol. The normalized spacial score (nSPS) is 29.8. The summed E-state index contributed by atoms with van der Waals surface area (Å²) < 4.78 is 5.00. The minimum Gasteiger partial charge on any atom is -0.428 e. The molecule has 0 saturated carbocycles. The molecule has 1 fully saturated rings. The molecule has 104 valence electrons. The third-order valence-corrected chi connectivity index (χ3v) is 5.03. The second kappa shape index (κ2) is 5.00. The molecule has 2 rings (SSSR count). The number of carbonyl (C=O) groups is 3. The van der Waals surface area contributed by atoms with Gasteiger partial charge in [0, 0.05) is 6.92 Å². The minimum absolute atomic E-state index is 0.0528. The molecule has 1 saturated heterocycles. The number of hydrogen-bond donors (Lipinski definition) is 0. The summed E-state index contributed by atoms with van der Waals surface area (Å²) in [6, 6.07) is 0. The maximum absolute atomic E-state index is 12.0. The Morgan fingerprint density at radius 1 is 1.58 bits per heavy atom. The Bertz CT molecular complexity index is 503. The minimum atomic E-state index is -1.04. The number of β-lactam (4-membered cyclic amide) rings is 1. The number of rotatable bonds is 3. The first-order valence-corrected chi connectivity index (χ1v) is 7.41. The highest BCUT2D eigenvalue weighted by atomic mass is 35.5. The molecule has 5 nitrogen and oxygen atoms in total. The van der Waals surface area contributed by atoms with E-state index in [0.29, 0.717) is 5.75 Å². The van der Waals surface area contributed by atoms with Crippen molar-refractivity contribution < 1.29 is 19.1 Å². The van der Waals surface area contributed by atoms with Crippen LogP contribution in [0.4, 0.5) is 0 Å². The molecule has 0 aromatic carbocycles. The Hall–Kier alpha value is -0.720. The molecule has 2 aliphatic rings. The van der Waals surface area contributed by atoms with E-state index < -0.39 is 16.6 Å². The Kier molecular flexibility index (Phi) is 3.86. The molecule has 0 bridgehead atoms. The van der Waals surface area contributed by atoms with E-state index in [1.54, 1.807) is 6.92 Å². The average Bonchev–Trinajstić information content (AvgIpc) is 2.35. The fourth-order valence-corrected chi connectivity index (χ4v) is 3.81. The summed E-state index contributed by atoms with van der Waals surface area (Å²) in [4.78, 5) is 35.1. The van der Waals surface area contributed by atoms with E-state index in [9.17, 15) is 14.4 Å². The number of amides is 1. The molecular formula is C11H11Cl2NO4S. The maximum Gasteiger partial charge on any atom is 0.307 e. The highest BCUT2D eigenvalue weighted by molar-refractivity contribution is 8.00. The molecule has 19 heavy (non-hydrogen) atoms. The SMILES string of the molecule is CC(=O)OC1=C(C(=O)CCl)N2C(=O)[C@](C)(Cl)[C@@H]2SC1. The number of thioether (sulfide) groups is 1. The Morgan fingerprint density at radius 2 is 2.21 bits per heavy atom. The van der Waals surface area contributed by atoms with Crippen molar-refractivity contribution in [2.24, 2.45) is 0 Å². The van der Waals surface area contributed by atoms with E-state index >= 15 is 0 Å². The van der Waals surface area contributed by atoms with Gasteiger partial charge in [0.05, 0.1) is 11.6 Å². The summed E-state index contributed by atoms with van der Waals surface area (Å²) in [5, 5.41) is -0.344. The summed E-state index contributed by atoms with van der Waals surface area (Å²) >= 11 is 13.0. The fraction of sp³-hybridized carbons (Fsp3) is 0.545. The van der Waals surface area contributed by atoms with E-state index in [0.717, 1.165) is 0 Å². The van der Waals surface area contributed by atoms with Crippen LogP contribution >= 0.6 is 35.0 Å². The number of ketones is 1. The van der Waals surface area contributed by atoms with Crippen molar-refractivity contribution in [2.75, 3.05) is 11.6 Å².